The number of nitrogens with zero attached hydrogens (tertiary/aromatic N) is 1. The van der Waals surface area contributed by atoms with Gasteiger partial charge in [-0.15, -0.1) is 4.83 Å². The molecule has 0 aromatic heterocycles. The molecule has 0 aliphatic heterocycles. The van der Waals surface area contributed by atoms with Crippen LogP contribution in [0.25, 0.3) is 0 Å². The van der Waals surface area contributed by atoms with Crippen LogP contribution < -0.4 is 10.1 Å². The zero-order valence-corrected chi connectivity index (χ0v) is 10.8. The van der Waals surface area contributed by atoms with Crippen molar-refractivity contribution in [3.8, 4) is 0 Å². The Kier molecular flexibility index (Phi) is 4.58. The largest absolute Gasteiger partial charge is 0.316 e. The third-order valence-electron chi connectivity index (χ3n) is 1.99. The van der Waals surface area contributed by atoms with Crippen molar-refractivity contribution in [2.45, 2.75) is 11.4 Å². The van der Waals surface area contributed by atoms with Crippen LogP contribution in [0.2, 0.25) is 0 Å². The minimum absolute atomic E-state index is 0.0550. The van der Waals surface area contributed by atoms with E-state index in [1.54, 1.807) is 21.1 Å². The number of benzene rings is 1. The molecule has 7 heteroatoms. The molecular weight excluding hydrogens is 245 g/mol. The molecule has 0 unspecified atom stereocenters. The van der Waals surface area contributed by atoms with E-state index in [-0.39, 0.29) is 4.90 Å². The molecule has 17 heavy (non-hydrogen) atoms. The molecule has 1 aromatic carbocycles. The van der Waals surface area contributed by atoms with Crippen molar-refractivity contribution in [3.63, 3.8) is 0 Å². The maximum atomic E-state index is 13.1. The van der Waals surface area contributed by atoms with E-state index >= 15 is 0 Å². The second-order valence-corrected chi connectivity index (χ2v) is 5.40. The van der Waals surface area contributed by atoms with Gasteiger partial charge in [-0.2, -0.15) is 0 Å². The van der Waals surface area contributed by atoms with Crippen molar-refractivity contribution in [2.24, 2.45) is 0 Å². The zero-order valence-electron chi connectivity index (χ0n) is 9.99. The summed E-state index contributed by atoms with van der Waals surface area (Å²) in [5.41, 5.74) is 0.517. The smallest absolute Gasteiger partial charge is 0.253 e. The summed E-state index contributed by atoms with van der Waals surface area (Å²) < 4.78 is 37.0. The van der Waals surface area contributed by atoms with Gasteiger partial charge in [-0.3, -0.25) is 0 Å². The van der Waals surface area contributed by atoms with Crippen LogP contribution in [0.1, 0.15) is 5.56 Å². The van der Waals surface area contributed by atoms with E-state index in [1.807, 2.05) is 0 Å². The molecule has 0 radical (unpaired) electrons. The highest BCUT2D eigenvalue weighted by atomic mass is 32.2. The molecule has 0 fully saturated rings. The topological polar surface area (TPSA) is 61.4 Å². The van der Waals surface area contributed by atoms with E-state index in [2.05, 4.69) is 10.1 Å². The van der Waals surface area contributed by atoms with Gasteiger partial charge in [0.1, 0.15) is 5.82 Å². The molecule has 0 amide bonds. The predicted molar refractivity (Wildman–Crippen MR) is 63.2 cm³/mol. The maximum absolute atomic E-state index is 13.1. The van der Waals surface area contributed by atoms with Gasteiger partial charge in [-0.05, 0) is 24.7 Å². The third kappa shape index (κ3) is 3.74. The maximum Gasteiger partial charge on any atom is 0.253 e. The average molecular weight is 261 g/mol. The minimum Gasteiger partial charge on any atom is -0.316 e. The van der Waals surface area contributed by atoms with Crippen LogP contribution in [0.15, 0.2) is 23.1 Å². The normalized spacial score (nSPS) is 12.1. The molecule has 5 nitrogen and oxygen atoms in total. The first kappa shape index (κ1) is 14.0. The van der Waals surface area contributed by atoms with Crippen LogP contribution in [0.5, 0.6) is 0 Å². The minimum atomic E-state index is -3.74. The summed E-state index contributed by atoms with van der Waals surface area (Å²) in [6, 6.07) is 3.70. The fourth-order valence-electron chi connectivity index (χ4n) is 1.40. The average Bonchev–Trinajstić information content (AvgIpc) is 2.19. The summed E-state index contributed by atoms with van der Waals surface area (Å²) in [6.45, 7) is 0.351. The van der Waals surface area contributed by atoms with Crippen LogP contribution in [0, 0.1) is 5.82 Å². The molecule has 1 aromatic rings. The van der Waals surface area contributed by atoms with Crippen LogP contribution in [-0.2, 0) is 16.6 Å². The highest BCUT2D eigenvalue weighted by Crippen LogP contribution is 2.17. The molecule has 1 rings (SSSR count). The number of sulfonamides is 1. The molecule has 96 valence electrons. The Morgan fingerprint density at radius 1 is 1.35 bits per heavy atom. The van der Waals surface area contributed by atoms with E-state index in [1.165, 1.54) is 17.1 Å². The van der Waals surface area contributed by atoms with Gasteiger partial charge >= 0.3 is 0 Å². The van der Waals surface area contributed by atoms with E-state index < -0.39 is 15.8 Å². The Labute approximate surface area is 101 Å². The van der Waals surface area contributed by atoms with Gasteiger partial charge in [0.25, 0.3) is 10.0 Å². The summed E-state index contributed by atoms with van der Waals surface area (Å²) in [6.07, 6.45) is 0. The summed E-state index contributed by atoms with van der Waals surface area (Å²) in [5, 5.41) is 4.14. The van der Waals surface area contributed by atoms with Crippen molar-refractivity contribution in [1.82, 2.24) is 15.2 Å². The van der Waals surface area contributed by atoms with Gasteiger partial charge in [0.2, 0.25) is 0 Å². The van der Waals surface area contributed by atoms with Gasteiger partial charge in [-0.1, -0.05) is 6.07 Å². The fourth-order valence-corrected chi connectivity index (χ4v) is 2.74. The molecule has 0 saturated carbocycles. The van der Waals surface area contributed by atoms with E-state index in [9.17, 15) is 12.8 Å². The van der Waals surface area contributed by atoms with Crippen molar-refractivity contribution in [1.29, 1.82) is 0 Å². The lowest BCUT2D eigenvalue weighted by Gasteiger charge is -2.15. The summed E-state index contributed by atoms with van der Waals surface area (Å²) in [7, 11) is 1.06. The number of halogens is 1. The lowest BCUT2D eigenvalue weighted by Crippen LogP contribution is -2.36. The van der Waals surface area contributed by atoms with E-state index in [4.69, 9.17) is 0 Å². The summed E-state index contributed by atoms with van der Waals surface area (Å²) in [4.78, 5) is 2.22. The molecule has 0 heterocycles. The molecule has 0 spiro atoms. The van der Waals surface area contributed by atoms with E-state index in [0.717, 1.165) is 6.07 Å². The SMILES string of the molecule is CNCc1ccc(F)cc1S(=O)(=O)NN(C)C. The Hall–Kier alpha value is -1.02. The number of nitrogens with one attached hydrogen (secondary N) is 2. The second-order valence-electron chi connectivity index (χ2n) is 3.77. The van der Waals surface area contributed by atoms with Crippen molar-refractivity contribution >= 4 is 10.0 Å². The van der Waals surface area contributed by atoms with Crippen molar-refractivity contribution in [2.75, 3.05) is 21.1 Å². The van der Waals surface area contributed by atoms with Crippen LogP contribution in [-0.4, -0.2) is 34.6 Å². The van der Waals surface area contributed by atoms with Gasteiger partial charge in [0.15, 0.2) is 0 Å². The highest BCUT2D eigenvalue weighted by molar-refractivity contribution is 7.89. The number of rotatable bonds is 5. The molecule has 0 aliphatic carbocycles. The standard InChI is InChI=1S/C10H16FN3O2S/c1-12-7-8-4-5-9(11)6-10(8)17(15,16)13-14(2)3/h4-6,12-13H,7H2,1-3H3. The molecule has 0 saturated heterocycles. The first-order valence-electron chi connectivity index (χ1n) is 4.99. The van der Waals surface area contributed by atoms with E-state index in [0.29, 0.717) is 12.1 Å². The number of hydrogen-bond donors (Lipinski definition) is 2. The van der Waals surface area contributed by atoms with Crippen LogP contribution in [0.3, 0.4) is 0 Å². The first-order valence-corrected chi connectivity index (χ1v) is 6.48. The van der Waals surface area contributed by atoms with Gasteiger partial charge in [-0.25, -0.2) is 17.8 Å². The Morgan fingerprint density at radius 3 is 2.53 bits per heavy atom. The number of hydrogen-bond acceptors (Lipinski definition) is 4. The zero-order chi connectivity index (χ0) is 13.1. The van der Waals surface area contributed by atoms with Gasteiger partial charge in [0.05, 0.1) is 4.90 Å². The summed E-state index contributed by atoms with van der Waals surface area (Å²) >= 11 is 0. The summed E-state index contributed by atoms with van der Waals surface area (Å²) in [5.74, 6) is -0.580. The fraction of sp³-hybridized carbons (Fsp3) is 0.400. The van der Waals surface area contributed by atoms with Gasteiger partial charge < -0.3 is 5.32 Å². The molecule has 0 bridgehead atoms. The molecule has 0 aliphatic rings. The molecule has 2 N–H and O–H groups in total. The highest BCUT2D eigenvalue weighted by Gasteiger charge is 2.19. The lowest BCUT2D eigenvalue weighted by molar-refractivity contribution is 0.363. The van der Waals surface area contributed by atoms with Crippen molar-refractivity contribution < 1.29 is 12.8 Å². The Morgan fingerprint density at radius 2 is 2.00 bits per heavy atom. The first-order chi connectivity index (χ1) is 7.86. The molecular formula is C10H16FN3O2S. The van der Waals surface area contributed by atoms with Crippen LogP contribution >= 0.6 is 0 Å². The predicted octanol–water partition coefficient (Wildman–Crippen LogP) is 0.300. The Balaban J connectivity index is 3.23. The quantitative estimate of drug-likeness (QED) is 0.748. The van der Waals surface area contributed by atoms with Crippen LogP contribution in [0.4, 0.5) is 4.39 Å². The Bertz CT molecular complexity index is 488. The molecule has 0 atom stereocenters. The third-order valence-corrected chi connectivity index (χ3v) is 3.55. The second kappa shape index (κ2) is 5.54. The van der Waals surface area contributed by atoms with Crippen molar-refractivity contribution in [3.05, 3.63) is 29.6 Å². The van der Waals surface area contributed by atoms with Gasteiger partial charge in [0, 0.05) is 20.6 Å². The monoisotopic (exact) mass is 261 g/mol. The number of hydrazine groups is 1. The lowest BCUT2D eigenvalue weighted by atomic mass is 10.2.